The summed E-state index contributed by atoms with van der Waals surface area (Å²) in [6.07, 6.45) is 2.84. The molecule has 1 amide bonds. The highest BCUT2D eigenvalue weighted by Gasteiger charge is 2.36. The number of amides is 1. The maximum absolute atomic E-state index is 13.7. The predicted octanol–water partition coefficient (Wildman–Crippen LogP) is 2.70. The van der Waals surface area contributed by atoms with E-state index in [1.807, 2.05) is 19.2 Å². The monoisotopic (exact) mass is 367 g/mol. The SMILES string of the molecule is CNC(=O)c1nc2c(C)cc(N3CC[C@](C)(c4cccc(F)c4)C3)cn2n1. The van der Waals surface area contributed by atoms with Crippen LogP contribution in [0.25, 0.3) is 5.65 Å². The maximum atomic E-state index is 13.7. The van der Waals surface area contributed by atoms with Gasteiger partial charge in [-0.1, -0.05) is 19.1 Å². The fourth-order valence-corrected chi connectivity index (χ4v) is 3.79. The van der Waals surface area contributed by atoms with Gasteiger partial charge in [-0.3, -0.25) is 4.79 Å². The number of fused-ring (bicyclic) bond motifs is 1. The van der Waals surface area contributed by atoms with Gasteiger partial charge in [-0.2, -0.15) is 0 Å². The highest BCUT2D eigenvalue weighted by molar-refractivity contribution is 5.90. The van der Waals surface area contributed by atoms with Gasteiger partial charge in [0.05, 0.1) is 11.9 Å². The predicted molar refractivity (Wildman–Crippen MR) is 102 cm³/mol. The second kappa shape index (κ2) is 6.33. The molecule has 0 aliphatic carbocycles. The third-order valence-corrected chi connectivity index (χ3v) is 5.39. The Bertz CT molecular complexity index is 1030. The smallest absolute Gasteiger partial charge is 0.290 e. The number of hydrogen-bond donors (Lipinski definition) is 1. The lowest BCUT2D eigenvalue weighted by atomic mass is 9.82. The van der Waals surface area contributed by atoms with Gasteiger partial charge in [0.15, 0.2) is 5.65 Å². The molecule has 1 aromatic carbocycles. The fourth-order valence-electron chi connectivity index (χ4n) is 3.79. The molecule has 140 valence electrons. The summed E-state index contributed by atoms with van der Waals surface area (Å²) in [5.74, 6) is -0.350. The summed E-state index contributed by atoms with van der Waals surface area (Å²) in [5, 5.41) is 6.85. The Labute approximate surface area is 157 Å². The van der Waals surface area contributed by atoms with Crippen LogP contribution in [0.4, 0.5) is 10.1 Å². The number of carbonyl (C=O) groups is 1. The van der Waals surface area contributed by atoms with Crippen LogP contribution in [0.1, 0.15) is 35.1 Å². The number of anilines is 1. The second-order valence-corrected chi connectivity index (χ2v) is 7.41. The van der Waals surface area contributed by atoms with E-state index in [1.165, 1.54) is 6.07 Å². The molecule has 1 atom stereocenters. The van der Waals surface area contributed by atoms with E-state index < -0.39 is 0 Å². The zero-order chi connectivity index (χ0) is 19.2. The van der Waals surface area contributed by atoms with Crippen molar-refractivity contribution >= 4 is 17.2 Å². The Hall–Kier alpha value is -2.96. The molecule has 27 heavy (non-hydrogen) atoms. The van der Waals surface area contributed by atoms with Crippen molar-refractivity contribution in [2.24, 2.45) is 0 Å². The number of pyridine rings is 1. The van der Waals surface area contributed by atoms with Gasteiger partial charge in [-0.05, 0) is 42.7 Å². The number of carbonyl (C=O) groups excluding carboxylic acids is 1. The Morgan fingerprint density at radius 1 is 1.33 bits per heavy atom. The first-order chi connectivity index (χ1) is 12.9. The van der Waals surface area contributed by atoms with Crippen LogP contribution in [0.2, 0.25) is 0 Å². The van der Waals surface area contributed by atoms with Crippen molar-refractivity contribution in [1.82, 2.24) is 19.9 Å². The molecule has 0 saturated carbocycles. The molecule has 1 aliphatic rings. The van der Waals surface area contributed by atoms with Gasteiger partial charge in [0.25, 0.3) is 5.91 Å². The van der Waals surface area contributed by atoms with Gasteiger partial charge in [0.1, 0.15) is 5.82 Å². The van der Waals surface area contributed by atoms with Gasteiger partial charge < -0.3 is 10.2 Å². The maximum Gasteiger partial charge on any atom is 0.290 e. The van der Waals surface area contributed by atoms with Gasteiger partial charge >= 0.3 is 0 Å². The zero-order valence-electron chi connectivity index (χ0n) is 15.7. The molecular formula is C20H22FN5O. The molecule has 0 radical (unpaired) electrons. The number of nitrogens with zero attached hydrogens (tertiary/aromatic N) is 4. The van der Waals surface area contributed by atoms with Crippen LogP contribution < -0.4 is 10.2 Å². The second-order valence-electron chi connectivity index (χ2n) is 7.41. The first kappa shape index (κ1) is 17.5. The van der Waals surface area contributed by atoms with Crippen molar-refractivity contribution < 1.29 is 9.18 Å². The quantitative estimate of drug-likeness (QED) is 0.773. The van der Waals surface area contributed by atoms with E-state index in [0.29, 0.717) is 5.65 Å². The average Bonchev–Trinajstić information content (AvgIpc) is 3.26. The van der Waals surface area contributed by atoms with Gasteiger partial charge in [-0.15, -0.1) is 5.10 Å². The minimum atomic E-state index is -0.306. The largest absolute Gasteiger partial charge is 0.369 e. The minimum absolute atomic E-state index is 0.111. The molecule has 0 unspecified atom stereocenters. The topological polar surface area (TPSA) is 62.5 Å². The van der Waals surface area contributed by atoms with Crippen molar-refractivity contribution in [1.29, 1.82) is 0 Å². The highest BCUT2D eigenvalue weighted by Crippen LogP contribution is 2.37. The Balaban J connectivity index is 1.66. The van der Waals surface area contributed by atoms with Crippen LogP contribution in [0.5, 0.6) is 0 Å². The summed E-state index contributed by atoms with van der Waals surface area (Å²) in [4.78, 5) is 18.4. The lowest BCUT2D eigenvalue weighted by molar-refractivity contribution is 0.0953. The number of nitrogens with one attached hydrogen (secondary N) is 1. The summed E-state index contributed by atoms with van der Waals surface area (Å²) in [7, 11) is 1.56. The molecule has 2 aromatic heterocycles. The number of rotatable bonds is 3. The lowest BCUT2D eigenvalue weighted by Crippen LogP contribution is -2.28. The standard InChI is InChI=1S/C20H22FN5O/c1-13-9-16(11-26-18(13)23-17(24-26)19(27)22-3)25-8-7-20(2,12-25)14-5-4-6-15(21)10-14/h4-6,9-11H,7-8,12H2,1-3H3,(H,22,27)/t20-/m0/s1. The van der Waals surface area contributed by atoms with Crippen LogP contribution in [-0.4, -0.2) is 40.6 Å². The van der Waals surface area contributed by atoms with Crippen LogP contribution >= 0.6 is 0 Å². The molecule has 3 aromatic rings. The molecule has 4 rings (SSSR count). The average molecular weight is 367 g/mol. The molecule has 7 heteroatoms. The zero-order valence-corrected chi connectivity index (χ0v) is 15.7. The van der Waals surface area contributed by atoms with E-state index >= 15 is 0 Å². The Morgan fingerprint density at radius 2 is 2.15 bits per heavy atom. The number of halogens is 1. The molecule has 3 heterocycles. The Kier molecular flexibility index (Phi) is 4.09. The number of aromatic nitrogens is 3. The van der Waals surface area contributed by atoms with Crippen molar-refractivity contribution in [3.63, 3.8) is 0 Å². The third kappa shape index (κ3) is 3.03. The molecule has 1 fully saturated rings. The first-order valence-corrected chi connectivity index (χ1v) is 9.00. The molecule has 1 aliphatic heterocycles. The molecule has 1 N–H and O–H groups in total. The molecule has 1 saturated heterocycles. The van der Waals surface area contributed by atoms with E-state index in [0.717, 1.165) is 36.3 Å². The summed E-state index contributed by atoms with van der Waals surface area (Å²) < 4.78 is 15.3. The van der Waals surface area contributed by atoms with E-state index in [4.69, 9.17) is 0 Å². The van der Waals surface area contributed by atoms with Gasteiger partial charge in [0.2, 0.25) is 5.82 Å². The summed E-state index contributed by atoms with van der Waals surface area (Å²) >= 11 is 0. The van der Waals surface area contributed by atoms with Crippen LogP contribution in [0.15, 0.2) is 36.5 Å². The lowest BCUT2D eigenvalue weighted by Gasteiger charge is -2.26. The minimum Gasteiger partial charge on any atom is -0.369 e. The first-order valence-electron chi connectivity index (χ1n) is 9.00. The molecular weight excluding hydrogens is 345 g/mol. The van der Waals surface area contributed by atoms with E-state index in [-0.39, 0.29) is 23.0 Å². The normalized spacial score (nSPS) is 19.6. The summed E-state index contributed by atoms with van der Waals surface area (Å²) in [5.41, 5.74) is 3.55. The van der Waals surface area contributed by atoms with Crippen LogP contribution in [0, 0.1) is 12.7 Å². The van der Waals surface area contributed by atoms with E-state index in [2.05, 4.69) is 33.3 Å². The summed E-state index contributed by atoms with van der Waals surface area (Å²) in [6.45, 7) is 5.79. The van der Waals surface area contributed by atoms with Crippen LogP contribution in [-0.2, 0) is 5.41 Å². The van der Waals surface area contributed by atoms with E-state index in [9.17, 15) is 9.18 Å². The van der Waals surface area contributed by atoms with Gasteiger partial charge in [0, 0.05) is 25.6 Å². The highest BCUT2D eigenvalue weighted by atomic mass is 19.1. The number of aryl methyl sites for hydroxylation is 1. The number of hydrogen-bond acceptors (Lipinski definition) is 4. The van der Waals surface area contributed by atoms with E-state index in [1.54, 1.807) is 23.7 Å². The summed E-state index contributed by atoms with van der Waals surface area (Å²) in [6, 6.07) is 8.93. The van der Waals surface area contributed by atoms with Crippen molar-refractivity contribution in [3.05, 3.63) is 59.3 Å². The fraction of sp³-hybridized carbons (Fsp3) is 0.350. The molecule has 6 nitrogen and oxygen atoms in total. The Morgan fingerprint density at radius 3 is 2.89 bits per heavy atom. The molecule has 0 bridgehead atoms. The number of benzene rings is 1. The van der Waals surface area contributed by atoms with Crippen molar-refractivity contribution in [3.8, 4) is 0 Å². The van der Waals surface area contributed by atoms with Crippen molar-refractivity contribution in [2.75, 3.05) is 25.0 Å². The van der Waals surface area contributed by atoms with Gasteiger partial charge in [-0.25, -0.2) is 13.9 Å². The third-order valence-electron chi connectivity index (χ3n) is 5.39. The van der Waals surface area contributed by atoms with Crippen molar-refractivity contribution in [2.45, 2.75) is 25.7 Å². The van der Waals surface area contributed by atoms with Crippen LogP contribution in [0.3, 0.4) is 0 Å². The molecule has 0 spiro atoms.